The maximum absolute atomic E-state index is 12.4. The van der Waals surface area contributed by atoms with Crippen LogP contribution in [0.2, 0.25) is 5.02 Å². The topological polar surface area (TPSA) is 76.6 Å². The second kappa shape index (κ2) is 5.53. The Morgan fingerprint density at radius 1 is 1.16 bits per heavy atom. The van der Waals surface area contributed by atoms with Crippen LogP contribution in [-0.2, 0) is 9.63 Å². The fraction of sp³-hybridized carbons (Fsp3) is 0.111. The average molecular weight is 355 g/mol. The van der Waals surface area contributed by atoms with Crippen molar-refractivity contribution in [3.63, 3.8) is 0 Å². The zero-order valence-electron chi connectivity index (χ0n) is 13.0. The predicted octanol–water partition coefficient (Wildman–Crippen LogP) is 2.89. The Morgan fingerprint density at radius 3 is 2.40 bits per heavy atom. The van der Waals surface area contributed by atoms with Gasteiger partial charge < -0.3 is 4.84 Å². The van der Waals surface area contributed by atoms with Gasteiger partial charge in [-0.3, -0.25) is 14.6 Å². The lowest BCUT2D eigenvalue weighted by Crippen LogP contribution is -2.33. The van der Waals surface area contributed by atoms with E-state index in [4.69, 9.17) is 16.4 Å². The van der Waals surface area contributed by atoms with Gasteiger partial charge in [-0.2, -0.15) is 0 Å². The number of amides is 2. The van der Waals surface area contributed by atoms with Crippen LogP contribution in [0, 0.1) is 5.92 Å². The Labute approximate surface area is 147 Å². The number of fused-ring (bicyclic) bond motifs is 1. The number of aromatic nitrogens is 1. The van der Waals surface area contributed by atoms with Gasteiger partial charge in [-0.05, 0) is 41.8 Å². The molecule has 2 aromatic rings. The van der Waals surface area contributed by atoms with Crippen LogP contribution in [0.4, 0.5) is 0 Å². The fourth-order valence-corrected chi connectivity index (χ4v) is 3.15. The summed E-state index contributed by atoms with van der Waals surface area (Å²) in [5.74, 6) is -2.57. The van der Waals surface area contributed by atoms with Gasteiger partial charge in [-0.25, -0.2) is 4.79 Å². The number of hydrogen-bond acceptors (Lipinski definition) is 5. The minimum atomic E-state index is -0.679. The summed E-state index contributed by atoms with van der Waals surface area (Å²) >= 11 is 5.92. The van der Waals surface area contributed by atoms with Gasteiger partial charge >= 0.3 is 5.97 Å². The summed E-state index contributed by atoms with van der Waals surface area (Å²) in [5.41, 5.74) is 2.71. The fourth-order valence-electron chi connectivity index (χ4n) is 2.97. The van der Waals surface area contributed by atoms with Crippen molar-refractivity contribution in [2.24, 2.45) is 5.92 Å². The summed E-state index contributed by atoms with van der Waals surface area (Å²) in [7, 11) is 0. The smallest absolute Gasteiger partial charge is 0.329 e. The van der Waals surface area contributed by atoms with E-state index in [1.54, 1.807) is 31.3 Å². The van der Waals surface area contributed by atoms with Crippen molar-refractivity contribution in [2.75, 3.05) is 0 Å². The molecule has 0 spiro atoms. The van der Waals surface area contributed by atoms with Crippen LogP contribution in [0.1, 0.15) is 33.2 Å². The van der Waals surface area contributed by atoms with Gasteiger partial charge in [0, 0.05) is 12.4 Å². The highest BCUT2D eigenvalue weighted by molar-refractivity contribution is 6.30. The van der Waals surface area contributed by atoms with Gasteiger partial charge in [0.05, 0.1) is 16.1 Å². The Kier molecular flexibility index (Phi) is 3.43. The van der Waals surface area contributed by atoms with Gasteiger partial charge in [-0.15, -0.1) is 0 Å². The molecule has 0 saturated heterocycles. The molecule has 0 bridgehead atoms. The van der Waals surface area contributed by atoms with Crippen LogP contribution in [-0.4, -0.2) is 27.8 Å². The average Bonchev–Trinajstić information content (AvgIpc) is 3.23. The van der Waals surface area contributed by atoms with E-state index in [1.807, 2.05) is 0 Å². The van der Waals surface area contributed by atoms with Gasteiger partial charge in [0.1, 0.15) is 5.92 Å². The molecule has 4 rings (SSSR count). The zero-order valence-corrected chi connectivity index (χ0v) is 13.8. The number of halogens is 1. The molecule has 1 aromatic carbocycles. The van der Waals surface area contributed by atoms with E-state index in [-0.39, 0.29) is 11.1 Å². The van der Waals surface area contributed by atoms with Crippen LogP contribution in [0.25, 0.3) is 5.57 Å². The second-order valence-electron chi connectivity index (χ2n) is 5.78. The van der Waals surface area contributed by atoms with Crippen LogP contribution in [0.3, 0.4) is 0 Å². The first-order valence-corrected chi connectivity index (χ1v) is 7.88. The van der Waals surface area contributed by atoms with E-state index in [9.17, 15) is 14.4 Å². The molecule has 7 heteroatoms. The molecular weight excluding hydrogens is 344 g/mol. The van der Waals surface area contributed by atoms with Crippen LogP contribution in [0.15, 0.2) is 48.3 Å². The molecule has 0 unspecified atom stereocenters. The maximum Gasteiger partial charge on any atom is 0.344 e. The second-order valence-corrected chi connectivity index (χ2v) is 6.22. The molecular formula is C18H11ClN2O4. The lowest BCUT2D eigenvalue weighted by atomic mass is 10.1. The lowest BCUT2D eigenvalue weighted by Gasteiger charge is -2.13. The van der Waals surface area contributed by atoms with Crippen molar-refractivity contribution in [2.45, 2.75) is 6.92 Å². The van der Waals surface area contributed by atoms with Crippen molar-refractivity contribution in [3.05, 3.63) is 70.0 Å². The first-order chi connectivity index (χ1) is 12.0. The Balaban J connectivity index is 1.51. The molecule has 1 atom stereocenters. The monoisotopic (exact) mass is 354 g/mol. The molecule has 124 valence electrons. The molecule has 0 N–H and O–H groups in total. The molecule has 2 heterocycles. The van der Waals surface area contributed by atoms with Crippen molar-refractivity contribution in [1.29, 1.82) is 0 Å². The summed E-state index contributed by atoms with van der Waals surface area (Å²) in [6.45, 7) is 1.78. The summed E-state index contributed by atoms with van der Waals surface area (Å²) < 4.78 is 0. The summed E-state index contributed by atoms with van der Waals surface area (Å²) in [4.78, 5) is 46.0. The third-order valence-corrected chi connectivity index (χ3v) is 4.46. The number of carbonyl (C=O) groups excluding carboxylic acids is 3. The number of rotatable bonds is 3. The molecule has 0 radical (unpaired) electrons. The highest BCUT2D eigenvalue weighted by atomic mass is 35.5. The van der Waals surface area contributed by atoms with Gasteiger partial charge in [0.2, 0.25) is 0 Å². The van der Waals surface area contributed by atoms with E-state index in [1.165, 1.54) is 18.3 Å². The SMILES string of the molecule is CC1=C(c2cncc(Cl)c2)[C@H]1C(=O)ON1C(=O)c2ccccc2C1=O. The Hall–Kier alpha value is -2.99. The first kappa shape index (κ1) is 15.5. The highest BCUT2D eigenvalue weighted by Gasteiger charge is 2.46. The minimum Gasteiger partial charge on any atom is -0.329 e. The van der Waals surface area contributed by atoms with Crippen molar-refractivity contribution >= 4 is 35.0 Å². The quantitative estimate of drug-likeness (QED) is 0.792. The Morgan fingerprint density at radius 2 is 1.80 bits per heavy atom. The summed E-state index contributed by atoms with van der Waals surface area (Å²) in [6, 6.07) is 8.03. The molecule has 0 fully saturated rings. The van der Waals surface area contributed by atoms with Crippen molar-refractivity contribution in [1.82, 2.24) is 10.0 Å². The van der Waals surface area contributed by atoms with E-state index in [0.29, 0.717) is 15.6 Å². The number of benzene rings is 1. The number of hydrogen-bond donors (Lipinski definition) is 0. The maximum atomic E-state index is 12.4. The molecule has 2 aliphatic rings. The summed E-state index contributed by atoms with van der Waals surface area (Å²) in [6.07, 6.45) is 3.09. The summed E-state index contributed by atoms with van der Waals surface area (Å²) in [5, 5.41) is 0.976. The number of nitrogens with zero attached hydrogens (tertiary/aromatic N) is 2. The first-order valence-electron chi connectivity index (χ1n) is 7.50. The molecule has 6 nitrogen and oxygen atoms in total. The van der Waals surface area contributed by atoms with E-state index in [2.05, 4.69) is 4.98 Å². The lowest BCUT2D eigenvalue weighted by molar-refractivity contribution is -0.169. The van der Waals surface area contributed by atoms with Crippen LogP contribution < -0.4 is 0 Å². The Bertz CT molecular complexity index is 948. The van der Waals surface area contributed by atoms with Crippen molar-refractivity contribution in [3.8, 4) is 0 Å². The molecule has 1 aliphatic heterocycles. The molecule has 1 aromatic heterocycles. The van der Waals surface area contributed by atoms with Crippen molar-refractivity contribution < 1.29 is 19.2 Å². The van der Waals surface area contributed by atoms with Gasteiger partial charge in [0.15, 0.2) is 0 Å². The van der Waals surface area contributed by atoms with E-state index < -0.39 is 23.7 Å². The molecule has 25 heavy (non-hydrogen) atoms. The standard InChI is InChI=1S/C18H11ClN2O4/c1-9-14(10-6-11(19)8-20-7-10)15(9)18(24)25-21-16(22)12-4-2-3-5-13(12)17(21)23/h2-8,15H,1H3/t15-/m0/s1. The van der Waals surface area contributed by atoms with E-state index in [0.717, 1.165) is 11.1 Å². The number of pyridine rings is 1. The van der Waals surface area contributed by atoms with Gasteiger partial charge in [-0.1, -0.05) is 28.8 Å². The van der Waals surface area contributed by atoms with Crippen LogP contribution in [0.5, 0.6) is 0 Å². The molecule has 2 amide bonds. The molecule has 0 saturated carbocycles. The van der Waals surface area contributed by atoms with E-state index >= 15 is 0 Å². The normalized spacial score (nSPS) is 18.5. The zero-order chi connectivity index (χ0) is 17.7. The number of carbonyl (C=O) groups is 3. The third kappa shape index (κ3) is 2.42. The molecule has 1 aliphatic carbocycles. The number of imide groups is 1. The van der Waals surface area contributed by atoms with Gasteiger partial charge in [0.25, 0.3) is 11.8 Å². The predicted molar refractivity (Wildman–Crippen MR) is 88.4 cm³/mol. The number of hydroxylamine groups is 2. The largest absolute Gasteiger partial charge is 0.344 e. The highest BCUT2D eigenvalue weighted by Crippen LogP contribution is 2.47. The minimum absolute atomic E-state index is 0.222. The van der Waals surface area contributed by atoms with Crippen LogP contribution >= 0.6 is 11.6 Å². The third-order valence-electron chi connectivity index (χ3n) is 4.25.